The molecule has 0 aromatic carbocycles. The van der Waals surface area contributed by atoms with Crippen molar-refractivity contribution >= 4 is 5.91 Å². The molecule has 0 spiro atoms. The Labute approximate surface area is 98.9 Å². The summed E-state index contributed by atoms with van der Waals surface area (Å²) in [5, 5.41) is 2.99. The normalized spacial score (nSPS) is 14.5. The molecule has 0 heterocycles. The van der Waals surface area contributed by atoms with Gasteiger partial charge in [-0.25, -0.2) is 0 Å². The first-order valence-electron chi connectivity index (χ1n) is 6.12. The number of nitrogens with one attached hydrogen (secondary N) is 1. The number of carbonyl (C=O) groups excluding carboxylic acids is 1. The number of amides is 1. The van der Waals surface area contributed by atoms with E-state index in [1.54, 1.807) is 7.11 Å². The minimum Gasteiger partial charge on any atom is -0.383 e. The molecule has 1 amide bonds. The third kappa shape index (κ3) is 7.65. The van der Waals surface area contributed by atoms with Crippen LogP contribution in [-0.2, 0) is 9.53 Å². The van der Waals surface area contributed by atoms with Gasteiger partial charge in [-0.15, -0.1) is 0 Å². The van der Waals surface area contributed by atoms with Gasteiger partial charge in [0.1, 0.15) is 0 Å². The van der Waals surface area contributed by atoms with E-state index in [0.29, 0.717) is 25.5 Å². The lowest BCUT2D eigenvalue weighted by Gasteiger charge is -2.17. The van der Waals surface area contributed by atoms with Crippen LogP contribution in [0, 0.1) is 5.92 Å². The van der Waals surface area contributed by atoms with Gasteiger partial charge >= 0.3 is 0 Å². The molecule has 0 saturated heterocycles. The molecular weight excluding hydrogens is 204 g/mol. The first kappa shape index (κ1) is 15.4. The van der Waals surface area contributed by atoms with E-state index < -0.39 is 0 Å². The number of hydrogen-bond acceptors (Lipinski definition) is 3. The van der Waals surface area contributed by atoms with Gasteiger partial charge in [0.25, 0.3) is 0 Å². The molecule has 0 bridgehead atoms. The highest BCUT2D eigenvalue weighted by Crippen LogP contribution is 2.04. The summed E-state index contributed by atoms with van der Waals surface area (Å²) in [4.78, 5) is 11.6. The molecule has 2 unspecified atom stereocenters. The summed E-state index contributed by atoms with van der Waals surface area (Å²) in [7, 11) is 1.66. The SMILES string of the molecule is CCCC(COC)NC(=O)CCC(C)CN. The summed E-state index contributed by atoms with van der Waals surface area (Å²) in [6.45, 7) is 5.40. The highest BCUT2D eigenvalue weighted by molar-refractivity contribution is 5.76. The standard InChI is InChI=1S/C12H26N2O2/c1-4-5-11(9-16-3)14-12(15)7-6-10(2)8-13/h10-11H,4-9,13H2,1-3H3,(H,14,15). The van der Waals surface area contributed by atoms with Crippen molar-refractivity contribution in [2.24, 2.45) is 11.7 Å². The molecule has 0 aromatic heterocycles. The van der Waals surface area contributed by atoms with Crippen LogP contribution in [0.3, 0.4) is 0 Å². The molecule has 0 radical (unpaired) electrons. The molecule has 0 saturated carbocycles. The van der Waals surface area contributed by atoms with E-state index in [0.717, 1.165) is 19.3 Å². The maximum Gasteiger partial charge on any atom is 0.220 e. The van der Waals surface area contributed by atoms with Gasteiger partial charge in [-0.05, 0) is 25.3 Å². The summed E-state index contributed by atoms with van der Waals surface area (Å²) in [5.41, 5.74) is 5.50. The van der Waals surface area contributed by atoms with Crippen LogP contribution in [-0.4, -0.2) is 32.2 Å². The van der Waals surface area contributed by atoms with Gasteiger partial charge in [0, 0.05) is 13.5 Å². The quantitative estimate of drug-likeness (QED) is 0.627. The fourth-order valence-corrected chi connectivity index (χ4v) is 1.54. The topological polar surface area (TPSA) is 64.3 Å². The average molecular weight is 230 g/mol. The molecule has 0 rings (SSSR count). The predicted molar refractivity (Wildman–Crippen MR) is 66.2 cm³/mol. The van der Waals surface area contributed by atoms with E-state index in [-0.39, 0.29) is 11.9 Å². The lowest BCUT2D eigenvalue weighted by atomic mass is 10.1. The molecule has 4 nitrogen and oxygen atoms in total. The van der Waals surface area contributed by atoms with Gasteiger partial charge in [-0.2, -0.15) is 0 Å². The minimum atomic E-state index is 0.107. The van der Waals surface area contributed by atoms with Crippen LogP contribution in [0.2, 0.25) is 0 Å². The first-order valence-corrected chi connectivity index (χ1v) is 6.12. The Hall–Kier alpha value is -0.610. The van der Waals surface area contributed by atoms with E-state index >= 15 is 0 Å². The van der Waals surface area contributed by atoms with E-state index in [1.165, 1.54) is 0 Å². The maximum atomic E-state index is 11.6. The van der Waals surface area contributed by atoms with Crippen molar-refractivity contribution in [3.63, 3.8) is 0 Å². The number of nitrogens with two attached hydrogens (primary N) is 1. The monoisotopic (exact) mass is 230 g/mol. The zero-order chi connectivity index (χ0) is 12.4. The Kier molecular flexibility index (Phi) is 9.24. The zero-order valence-corrected chi connectivity index (χ0v) is 10.8. The molecule has 4 heteroatoms. The van der Waals surface area contributed by atoms with Crippen molar-refractivity contribution in [3.05, 3.63) is 0 Å². The number of hydrogen-bond donors (Lipinski definition) is 2. The largest absolute Gasteiger partial charge is 0.383 e. The van der Waals surface area contributed by atoms with Crippen molar-refractivity contribution in [1.82, 2.24) is 5.32 Å². The molecule has 0 aromatic rings. The van der Waals surface area contributed by atoms with Gasteiger partial charge in [-0.3, -0.25) is 4.79 Å². The zero-order valence-electron chi connectivity index (χ0n) is 10.8. The second-order valence-electron chi connectivity index (χ2n) is 4.39. The molecular formula is C12H26N2O2. The molecule has 16 heavy (non-hydrogen) atoms. The van der Waals surface area contributed by atoms with Crippen molar-refractivity contribution in [3.8, 4) is 0 Å². The van der Waals surface area contributed by atoms with Crippen LogP contribution in [0.25, 0.3) is 0 Å². The Morgan fingerprint density at radius 2 is 2.12 bits per heavy atom. The smallest absolute Gasteiger partial charge is 0.220 e. The second-order valence-corrected chi connectivity index (χ2v) is 4.39. The molecule has 2 atom stereocenters. The Bertz CT molecular complexity index is 180. The molecule has 96 valence electrons. The predicted octanol–water partition coefficient (Wildman–Crippen LogP) is 1.29. The lowest BCUT2D eigenvalue weighted by Crippen LogP contribution is -2.38. The highest BCUT2D eigenvalue weighted by Gasteiger charge is 2.11. The Balaban J connectivity index is 3.80. The second kappa shape index (κ2) is 9.60. The maximum absolute atomic E-state index is 11.6. The van der Waals surface area contributed by atoms with Gasteiger partial charge in [0.15, 0.2) is 0 Å². The fraction of sp³-hybridized carbons (Fsp3) is 0.917. The van der Waals surface area contributed by atoms with Crippen molar-refractivity contribution in [2.45, 2.75) is 45.6 Å². The number of carbonyl (C=O) groups is 1. The van der Waals surface area contributed by atoms with E-state index in [9.17, 15) is 4.79 Å². The van der Waals surface area contributed by atoms with E-state index in [1.807, 2.05) is 0 Å². The summed E-state index contributed by atoms with van der Waals surface area (Å²) < 4.78 is 5.07. The third-order valence-corrected chi connectivity index (χ3v) is 2.64. The van der Waals surface area contributed by atoms with E-state index in [2.05, 4.69) is 19.2 Å². The molecule has 3 N–H and O–H groups in total. The van der Waals surface area contributed by atoms with Gasteiger partial charge in [0.05, 0.1) is 12.6 Å². The van der Waals surface area contributed by atoms with Crippen LogP contribution in [0.4, 0.5) is 0 Å². The van der Waals surface area contributed by atoms with Crippen LogP contribution < -0.4 is 11.1 Å². The molecule has 0 aliphatic heterocycles. The fourth-order valence-electron chi connectivity index (χ4n) is 1.54. The summed E-state index contributed by atoms with van der Waals surface area (Å²) in [6.07, 6.45) is 3.43. The van der Waals surface area contributed by atoms with Crippen LogP contribution in [0.5, 0.6) is 0 Å². The first-order chi connectivity index (χ1) is 7.63. The van der Waals surface area contributed by atoms with Gasteiger partial charge in [0.2, 0.25) is 5.91 Å². The highest BCUT2D eigenvalue weighted by atomic mass is 16.5. The molecule has 0 aliphatic rings. The Morgan fingerprint density at radius 3 is 2.62 bits per heavy atom. The van der Waals surface area contributed by atoms with Gasteiger partial charge < -0.3 is 15.8 Å². The summed E-state index contributed by atoms with van der Waals surface area (Å²) in [6, 6.07) is 0.149. The van der Waals surface area contributed by atoms with Crippen LogP contribution >= 0.6 is 0 Å². The number of rotatable bonds is 9. The van der Waals surface area contributed by atoms with Gasteiger partial charge in [-0.1, -0.05) is 20.3 Å². The Morgan fingerprint density at radius 1 is 1.44 bits per heavy atom. The number of methoxy groups -OCH3 is 1. The summed E-state index contributed by atoms with van der Waals surface area (Å²) >= 11 is 0. The molecule has 0 fully saturated rings. The third-order valence-electron chi connectivity index (χ3n) is 2.64. The van der Waals surface area contributed by atoms with Crippen molar-refractivity contribution in [2.75, 3.05) is 20.3 Å². The van der Waals surface area contributed by atoms with Crippen molar-refractivity contribution in [1.29, 1.82) is 0 Å². The van der Waals surface area contributed by atoms with Crippen molar-refractivity contribution < 1.29 is 9.53 Å². The van der Waals surface area contributed by atoms with E-state index in [4.69, 9.17) is 10.5 Å². The minimum absolute atomic E-state index is 0.107. The summed E-state index contributed by atoms with van der Waals surface area (Å²) in [5.74, 6) is 0.522. The lowest BCUT2D eigenvalue weighted by molar-refractivity contribution is -0.122. The van der Waals surface area contributed by atoms with Crippen LogP contribution in [0.1, 0.15) is 39.5 Å². The average Bonchev–Trinajstić information content (AvgIpc) is 2.26. The number of ether oxygens (including phenoxy) is 1. The molecule has 0 aliphatic carbocycles. The van der Waals surface area contributed by atoms with Crippen LogP contribution in [0.15, 0.2) is 0 Å².